The molecule has 0 spiro atoms. The molecule has 0 aliphatic heterocycles. The smallest absolute Gasteiger partial charge is 0.145 e. The third kappa shape index (κ3) is 3.59. The molecule has 6 aromatic rings. The van der Waals surface area contributed by atoms with Crippen LogP contribution in [-0.4, -0.2) is 9.97 Å². The van der Waals surface area contributed by atoms with Crippen LogP contribution in [0.15, 0.2) is 101 Å². The van der Waals surface area contributed by atoms with E-state index in [1.54, 1.807) is 0 Å². The van der Waals surface area contributed by atoms with Gasteiger partial charge >= 0.3 is 0 Å². The molecule has 3 heteroatoms. The summed E-state index contributed by atoms with van der Waals surface area (Å²) in [6, 6.07) is 33.4. The van der Waals surface area contributed by atoms with Crippen LogP contribution in [0.25, 0.3) is 44.5 Å². The molecule has 3 nitrogen and oxygen atoms in total. The minimum atomic E-state index is -0.385. The highest BCUT2D eigenvalue weighted by atomic mass is 16.3. The van der Waals surface area contributed by atoms with Crippen LogP contribution >= 0.6 is 0 Å². The highest BCUT2D eigenvalue weighted by Gasteiger charge is 2.28. The number of nitrogens with zero attached hydrogens (tertiary/aromatic N) is 2. The van der Waals surface area contributed by atoms with Gasteiger partial charge in [-0.3, -0.25) is 9.97 Å². The van der Waals surface area contributed by atoms with E-state index >= 15 is 0 Å². The monoisotopic (exact) mass is 468 g/mol. The van der Waals surface area contributed by atoms with Gasteiger partial charge in [-0.05, 0) is 69.2 Å². The van der Waals surface area contributed by atoms with Crippen molar-refractivity contribution in [1.82, 2.24) is 9.97 Å². The summed E-state index contributed by atoms with van der Waals surface area (Å²) in [5.41, 5.74) is 9.82. The van der Waals surface area contributed by atoms with E-state index < -0.39 is 0 Å². The van der Waals surface area contributed by atoms with Gasteiger partial charge in [0, 0.05) is 27.3 Å². The van der Waals surface area contributed by atoms with Gasteiger partial charge in [-0.2, -0.15) is 0 Å². The average Bonchev–Trinajstić information content (AvgIpc) is 3.27. The summed E-state index contributed by atoms with van der Waals surface area (Å²) >= 11 is 0. The first-order valence-electron chi connectivity index (χ1n) is 12.4. The fourth-order valence-electron chi connectivity index (χ4n) is 5.05. The van der Waals surface area contributed by atoms with Crippen molar-refractivity contribution in [3.8, 4) is 22.5 Å². The maximum atomic E-state index is 6.35. The highest BCUT2D eigenvalue weighted by Crippen LogP contribution is 2.38. The van der Waals surface area contributed by atoms with E-state index in [9.17, 15) is 0 Å². The van der Waals surface area contributed by atoms with Crippen molar-refractivity contribution in [1.29, 1.82) is 0 Å². The van der Waals surface area contributed by atoms with Crippen molar-refractivity contribution in [2.45, 2.75) is 33.1 Å². The van der Waals surface area contributed by atoms with E-state index in [1.165, 1.54) is 5.56 Å². The number of para-hydroxylation sites is 1. The van der Waals surface area contributed by atoms with Gasteiger partial charge in [0.2, 0.25) is 0 Å². The van der Waals surface area contributed by atoms with E-state index in [0.29, 0.717) is 0 Å². The molecule has 0 N–H and O–H groups in total. The number of aryl methyl sites for hydroxylation is 2. The van der Waals surface area contributed by atoms with Gasteiger partial charge < -0.3 is 4.42 Å². The molecule has 0 fully saturated rings. The lowest BCUT2D eigenvalue weighted by Gasteiger charge is -2.25. The van der Waals surface area contributed by atoms with Gasteiger partial charge in [-0.15, -0.1) is 0 Å². The Labute approximate surface area is 211 Å². The molecule has 0 unspecified atom stereocenters. The van der Waals surface area contributed by atoms with Gasteiger partial charge in [0.1, 0.15) is 11.2 Å². The van der Waals surface area contributed by atoms with Crippen LogP contribution < -0.4 is 0 Å². The second kappa shape index (κ2) is 8.46. The molecule has 0 bridgehead atoms. The second-order valence-electron chi connectivity index (χ2n) is 9.99. The number of pyridine rings is 2. The van der Waals surface area contributed by atoms with Crippen LogP contribution in [0, 0.1) is 13.8 Å². The number of aromatic nitrogens is 2. The Morgan fingerprint density at radius 3 is 2.03 bits per heavy atom. The normalized spacial score (nSPS) is 11.9. The van der Waals surface area contributed by atoms with E-state index in [0.717, 1.165) is 61.4 Å². The first-order valence-corrected chi connectivity index (χ1v) is 12.4. The van der Waals surface area contributed by atoms with Crippen LogP contribution in [0.3, 0.4) is 0 Å². The summed E-state index contributed by atoms with van der Waals surface area (Å²) < 4.78 is 6.35. The Morgan fingerprint density at radius 1 is 0.583 bits per heavy atom. The first kappa shape index (κ1) is 22.2. The van der Waals surface area contributed by atoms with Crippen molar-refractivity contribution < 1.29 is 4.42 Å². The molecule has 0 saturated carbocycles. The van der Waals surface area contributed by atoms with E-state index in [-0.39, 0.29) is 5.41 Å². The molecule has 3 aromatic heterocycles. The Kier molecular flexibility index (Phi) is 5.22. The predicted molar refractivity (Wildman–Crippen MR) is 148 cm³/mol. The van der Waals surface area contributed by atoms with Gasteiger partial charge in [0.25, 0.3) is 0 Å². The standard InChI is InChI=1S/C33H28N2O/c1-21-11-5-6-12-23(21)26-14-9-17-29(34-26)33(3,4)30-18-10-15-27(35-30)31-22(2)19-20-25-24-13-7-8-16-28(24)36-32(25)31/h5-20H,1-4H3. The molecule has 0 radical (unpaired) electrons. The van der Waals surface area contributed by atoms with Crippen molar-refractivity contribution in [3.05, 3.63) is 120 Å². The third-order valence-corrected chi connectivity index (χ3v) is 7.21. The van der Waals surface area contributed by atoms with Crippen LogP contribution in [0.2, 0.25) is 0 Å². The topological polar surface area (TPSA) is 38.9 Å². The molecule has 0 aliphatic carbocycles. The van der Waals surface area contributed by atoms with Crippen molar-refractivity contribution in [2.24, 2.45) is 0 Å². The number of fused-ring (bicyclic) bond motifs is 3. The van der Waals surface area contributed by atoms with E-state index in [1.807, 2.05) is 12.1 Å². The number of furan rings is 1. The van der Waals surface area contributed by atoms with Gasteiger partial charge in [0.15, 0.2) is 0 Å². The Bertz CT molecular complexity index is 1740. The quantitative estimate of drug-likeness (QED) is 0.260. The third-order valence-electron chi connectivity index (χ3n) is 7.21. The Balaban J connectivity index is 1.47. The molecular formula is C33H28N2O. The SMILES string of the molecule is Cc1ccccc1-c1cccc(C(C)(C)c2cccc(-c3c(C)ccc4c3oc3ccccc34)n2)n1. The molecule has 0 atom stereocenters. The summed E-state index contributed by atoms with van der Waals surface area (Å²) in [6.07, 6.45) is 0. The van der Waals surface area contributed by atoms with Crippen LogP contribution in [0.4, 0.5) is 0 Å². The number of hydrogen-bond acceptors (Lipinski definition) is 3. The van der Waals surface area contributed by atoms with Crippen molar-refractivity contribution >= 4 is 21.9 Å². The summed E-state index contributed by atoms with van der Waals surface area (Å²) in [5, 5.41) is 2.24. The number of hydrogen-bond donors (Lipinski definition) is 0. The molecular weight excluding hydrogens is 440 g/mol. The van der Waals surface area contributed by atoms with Crippen LogP contribution in [0.5, 0.6) is 0 Å². The maximum absolute atomic E-state index is 6.35. The fourth-order valence-corrected chi connectivity index (χ4v) is 5.05. The molecule has 0 saturated heterocycles. The lowest BCUT2D eigenvalue weighted by Crippen LogP contribution is -2.22. The highest BCUT2D eigenvalue weighted by molar-refractivity contribution is 6.09. The summed E-state index contributed by atoms with van der Waals surface area (Å²) in [5.74, 6) is 0. The summed E-state index contributed by atoms with van der Waals surface area (Å²) in [4.78, 5) is 10.3. The minimum absolute atomic E-state index is 0.385. The minimum Gasteiger partial charge on any atom is -0.455 e. The molecule has 176 valence electrons. The predicted octanol–water partition coefficient (Wildman–Crippen LogP) is 8.65. The van der Waals surface area contributed by atoms with Crippen LogP contribution in [0.1, 0.15) is 36.4 Å². The first-order chi connectivity index (χ1) is 17.4. The van der Waals surface area contributed by atoms with Crippen molar-refractivity contribution in [3.63, 3.8) is 0 Å². The van der Waals surface area contributed by atoms with Crippen LogP contribution in [-0.2, 0) is 5.41 Å². The average molecular weight is 469 g/mol. The van der Waals surface area contributed by atoms with E-state index in [4.69, 9.17) is 14.4 Å². The van der Waals surface area contributed by atoms with E-state index in [2.05, 4.69) is 113 Å². The Hall–Kier alpha value is -4.24. The fraction of sp³-hybridized carbons (Fsp3) is 0.152. The van der Waals surface area contributed by atoms with Gasteiger partial charge in [-0.25, -0.2) is 0 Å². The largest absolute Gasteiger partial charge is 0.455 e. The summed E-state index contributed by atoms with van der Waals surface area (Å²) in [6.45, 7) is 8.63. The zero-order valence-corrected chi connectivity index (χ0v) is 21.0. The Morgan fingerprint density at radius 2 is 1.25 bits per heavy atom. The lowest BCUT2D eigenvalue weighted by atomic mass is 9.84. The number of rotatable bonds is 4. The zero-order chi connectivity index (χ0) is 24.9. The van der Waals surface area contributed by atoms with Gasteiger partial charge in [-0.1, -0.05) is 66.7 Å². The van der Waals surface area contributed by atoms with Crippen molar-refractivity contribution in [2.75, 3.05) is 0 Å². The molecule has 0 amide bonds. The molecule has 36 heavy (non-hydrogen) atoms. The molecule has 0 aliphatic rings. The maximum Gasteiger partial charge on any atom is 0.145 e. The summed E-state index contributed by atoms with van der Waals surface area (Å²) in [7, 11) is 0. The molecule has 6 rings (SSSR count). The lowest BCUT2D eigenvalue weighted by molar-refractivity contribution is 0.596. The molecule has 3 heterocycles. The molecule has 3 aromatic carbocycles. The zero-order valence-electron chi connectivity index (χ0n) is 21.0. The van der Waals surface area contributed by atoms with Gasteiger partial charge in [0.05, 0.1) is 22.8 Å². The number of benzene rings is 3. The second-order valence-corrected chi connectivity index (χ2v) is 9.99.